The number of likely N-dealkylation sites (tertiary alicyclic amines) is 2. The van der Waals surface area contributed by atoms with Gasteiger partial charge in [0.1, 0.15) is 5.82 Å². The number of hydrogen-bond donors (Lipinski definition) is 1. The van der Waals surface area contributed by atoms with E-state index < -0.39 is 0 Å². The Bertz CT molecular complexity index is 877. The maximum Gasteiger partial charge on any atom is 0.230 e. The number of aromatic nitrogens is 2. The van der Waals surface area contributed by atoms with Crippen molar-refractivity contribution in [3.8, 4) is 11.3 Å². The molecule has 1 saturated carbocycles. The zero-order valence-corrected chi connectivity index (χ0v) is 16.2. The summed E-state index contributed by atoms with van der Waals surface area (Å²) in [5.41, 5.74) is 2.54. The summed E-state index contributed by atoms with van der Waals surface area (Å²) in [6.07, 6.45) is 7.46. The number of H-pyrrole nitrogens is 1. The first-order valence-corrected chi connectivity index (χ1v) is 10.4. The van der Waals surface area contributed by atoms with Gasteiger partial charge >= 0.3 is 0 Å². The molecular weight excluding hydrogens is 355 g/mol. The van der Waals surface area contributed by atoms with E-state index in [-0.39, 0.29) is 11.2 Å². The molecular formula is C22H27FN4O. The van der Waals surface area contributed by atoms with Crippen LogP contribution >= 0.6 is 0 Å². The van der Waals surface area contributed by atoms with Crippen LogP contribution in [0, 0.1) is 17.2 Å². The molecule has 0 radical (unpaired) electrons. The SMILES string of the molecule is O=C1N(CC2CC2)CCC[C@]12CCN(Cc1cn[nH]c1-c1cccc(F)c1)C2. The minimum absolute atomic E-state index is 0.199. The van der Waals surface area contributed by atoms with Crippen molar-refractivity contribution in [1.82, 2.24) is 20.0 Å². The fraction of sp³-hybridized carbons (Fsp3) is 0.545. The van der Waals surface area contributed by atoms with Gasteiger partial charge in [-0.1, -0.05) is 12.1 Å². The van der Waals surface area contributed by atoms with Crippen molar-refractivity contribution in [2.45, 2.75) is 38.6 Å². The van der Waals surface area contributed by atoms with Gasteiger partial charge in [-0.05, 0) is 56.7 Å². The largest absolute Gasteiger partial charge is 0.342 e. The van der Waals surface area contributed by atoms with Crippen LogP contribution in [0.25, 0.3) is 11.3 Å². The monoisotopic (exact) mass is 382 g/mol. The van der Waals surface area contributed by atoms with E-state index in [2.05, 4.69) is 20.0 Å². The van der Waals surface area contributed by atoms with Gasteiger partial charge in [0.2, 0.25) is 5.91 Å². The molecule has 1 atom stereocenters. The van der Waals surface area contributed by atoms with E-state index in [0.717, 1.165) is 74.7 Å². The van der Waals surface area contributed by atoms with Crippen LogP contribution in [0.4, 0.5) is 4.39 Å². The lowest BCUT2D eigenvalue weighted by Crippen LogP contribution is -2.50. The first-order chi connectivity index (χ1) is 13.6. The average molecular weight is 382 g/mol. The third kappa shape index (κ3) is 3.34. The maximum atomic E-state index is 13.6. The van der Waals surface area contributed by atoms with Crippen LogP contribution in [-0.2, 0) is 11.3 Å². The Labute approximate surface area is 164 Å². The molecule has 148 valence electrons. The van der Waals surface area contributed by atoms with Crippen LogP contribution in [0.2, 0.25) is 0 Å². The van der Waals surface area contributed by atoms with E-state index in [9.17, 15) is 9.18 Å². The molecule has 0 unspecified atom stereocenters. The Morgan fingerprint density at radius 2 is 2.14 bits per heavy atom. The zero-order chi connectivity index (χ0) is 19.1. The predicted molar refractivity (Wildman–Crippen MR) is 105 cm³/mol. The van der Waals surface area contributed by atoms with Gasteiger partial charge in [-0.15, -0.1) is 0 Å². The van der Waals surface area contributed by atoms with Gasteiger partial charge in [0.15, 0.2) is 0 Å². The molecule has 3 fully saturated rings. The number of amides is 1. The van der Waals surface area contributed by atoms with E-state index in [0.29, 0.717) is 5.91 Å². The number of rotatable bonds is 5. The zero-order valence-electron chi connectivity index (χ0n) is 16.2. The molecule has 1 aliphatic carbocycles. The van der Waals surface area contributed by atoms with Gasteiger partial charge in [-0.3, -0.25) is 14.8 Å². The van der Waals surface area contributed by atoms with Crippen molar-refractivity contribution in [3.05, 3.63) is 41.8 Å². The van der Waals surface area contributed by atoms with Crippen molar-refractivity contribution >= 4 is 5.91 Å². The number of hydrogen-bond acceptors (Lipinski definition) is 3. The molecule has 5 rings (SSSR count). The second-order valence-electron chi connectivity index (χ2n) is 8.82. The van der Waals surface area contributed by atoms with Gasteiger partial charge < -0.3 is 4.90 Å². The van der Waals surface area contributed by atoms with Crippen LogP contribution in [0.5, 0.6) is 0 Å². The van der Waals surface area contributed by atoms with Crippen LogP contribution in [0.15, 0.2) is 30.5 Å². The number of piperidine rings is 1. The molecule has 1 N–H and O–H groups in total. The second kappa shape index (κ2) is 6.99. The summed E-state index contributed by atoms with van der Waals surface area (Å²) in [4.78, 5) is 17.7. The number of nitrogens with zero attached hydrogens (tertiary/aromatic N) is 3. The van der Waals surface area contributed by atoms with E-state index in [4.69, 9.17) is 0 Å². The quantitative estimate of drug-likeness (QED) is 0.862. The standard InChI is InChI=1S/C22H27FN4O/c23-19-4-1-3-17(11-19)20-18(12-24-25-20)14-26-10-8-22(15-26)7-2-9-27(21(22)28)13-16-5-6-16/h1,3-4,11-12,16H,2,5-10,13-15H2,(H,24,25)/t22-/m1/s1. The number of carbonyl (C=O) groups is 1. The number of aromatic amines is 1. The van der Waals surface area contributed by atoms with E-state index >= 15 is 0 Å². The summed E-state index contributed by atoms with van der Waals surface area (Å²) < 4.78 is 13.6. The lowest BCUT2D eigenvalue weighted by molar-refractivity contribution is -0.145. The van der Waals surface area contributed by atoms with Gasteiger partial charge in [0.05, 0.1) is 17.3 Å². The summed E-state index contributed by atoms with van der Waals surface area (Å²) in [5.74, 6) is 0.879. The first kappa shape index (κ1) is 17.9. The Kier molecular flexibility index (Phi) is 4.46. The summed E-state index contributed by atoms with van der Waals surface area (Å²) in [7, 11) is 0. The predicted octanol–water partition coefficient (Wildman–Crippen LogP) is 3.44. The van der Waals surface area contributed by atoms with E-state index in [1.807, 2.05) is 12.3 Å². The molecule has 1 aromatic carbocycles. The van der Waals surface area contributed by atoms with E-state index in [1.54, 1.807) is 6.07 Å². The highest BCUT2D eigenvalue weighted by molar-refractivity contribution is 5.84. The molecule has 2 aromatic rings. The molecule has 5 nitrogen and oxygen atoms in total. The van der Waals surface area contributed by atoms with Crippen LogP contribution in [-0.4, -0.2) is 52.1 Å². The highest BCUT2D eigenvalue weighted by Crippen LogP contribution is 2.42. The Morgan fingerprint density at radius 1 is 1.25 bits per heavy atom. The maximum absolute atomic E-state index is 13.6. The Hall–Kier alpha value is -2.21. The normalized spacial score (nSPS) is 25.8. The van der Waals surface area contributed by atoms with Gasteiger partial charge in [-0.2, -0.15) is 5.10 Å². The molecule has 1 amide bonds. The minimum Gasteiger partial charge on any atom is -0.342 e. The fourth-order valence-corrected chi connectivity index (χ4v) is 4.98. The minimum atomic E-state index is -0.248. The van der Waals surface area contributed by atoms with Crippen molar-refractivity contribution in [1.29, 1.82) is 0 Å². The number of carbonyl (C=O) groups excluding carboxylic acids is 1. The van der Waals surface area contributed by atoms with Gasteiger partial charge in [0, 0.05) is 37.3 Å². The van der Waals surface area contributed by atoms with Crippen LogP contribution < -0.4 is 0 Å². The molecule has 3 heterocycles. The van der Waals surface area contributed by atoms with Crippen molar-refractivity contribution < 1.29 is 9.18 Å². The van der Waals surface area contributed by atoms with Crippen molar-refractivity contribution in [2.24, 2.45) is 11.3 Å². The molecule has 2 saturated heterocycles. The average Bonchev–Trinajstić information content (AvgIpc) is 3.23. The third-order valence-electron chi connectivity index (χ3n) is 6.66. The molecule has 0 bridgehead atoms. The molecule has 1 aromatic heterocycles. The van der Waals surface area contributed by atoms with Gasteiger partial charge in [0.25, 0.3) is 0 Å². The van der Waals surface area contributed by atoms with Gasteiger partial charge in [-0.25, -0.2) is 4.39 Å². The lowest BCUT2D eigenvalue weighted by atomic mass is 9.78. The number of benzene rings is 1. The topological polar surface area (TPSA) is 52.2 Å². The van der Waals surface area contributed by atoms with E-state index in [1.165, 1.54) is 25.0 Å². The van der Waals surface area contributed by atoms with Crippen LogP contribution in [0.1, 0.15) is 37.7 Å². The summed E-state index contributed by atoms with van der Waals surface area (Å²) in [6.45, 7) is 4.38. The summed E-state index contributed by atoms with van der Waals surface area (Å²) >= 11 is 0. The molecule has 28 heavy (non-hydrogen) atoms. The Balaban J connectivity index is 1.29. The fourth-order valence-electron chi connectivity index (χ4n) is 4.98. The second-order valence-corrected chi connectivity index (χ2v) is 8.82. The third-order valence-corrected chi connectivity index (χ3v) is 6.66. The number of halogens is 1. The van der Waals surface area contributed by atoms with Crippen LogP contribution in [0.3, 0.4) is 0 Å². The van der Waals surface area contributed by atoms with Crippen molar-refractivity contribution in [2.75, 3.05) is 26.2 Å². The smallest absolute Gasteiger partial charge is 0.230 e. The molecule has 1 spiro atoms. The molecule has 2 aliphatic heterocycles. The highest BCUT2D eigenvalue weighted by atomic mass is 19.1. The molecule has 3 aliphatic rings. The molecule has 6 heteroatoms. The highest BCUT2D eigenvalue weighted by Gasteiger charge is 2.48. The first-order valence-electron chi connectivity index (χ1n) is 10.4. The summed E-state index contributed by atoms with van der Waals surface area (Å²) in [5, 5.41) is 7.21. The summed E-state index contributed by atoms with van der Waals surface area (Å²) in [6, 6.07) is 6.59. The number of nitrogens with one attached hydrogen (secondary N) is 1. The lowest BCUT2D eigenvalue weighted by Gasteiger charge is -2.39. The van der Waals surface area contributed by atoms with Crippen molar-refractivity contribution in [3.63, 3.8) is 0 Å². The Morgan fingerprint density at radius 3 is 2.96 bits per heavy atom.